The van der Waals surface area contributed by atoms with Gasteiger partial charge in [0.05, 0.1) is 0 Å². The van der Waals surface area contributed by atoms with Crippen molar-refractivity contribution in [1.82, 2.24) is 0 Å². The number of rotatable bonds is 1. The fraction of sp³-hybridized carbons (Fsp3) is 0.385. The fourth-order valence-electron chi connectivity index (χ4n) is 2.27. The van der Waals surface area contributed by atoms with E-state index in [0.717, 1.165) is 25.0 Å². The van der Waals surface area contributed by atoms with Crippen molar-refractivity contribution in [2.24, 2.45) is 0 Å². The molecule has 0 aliphatic heterocycles. The quantitative estimate of drug-likeness (QED) is 0.499. The molecule has 0 spiro atoms. The third-order valence-electron chi connectivity index (χ3n) is 3.17. The van der Waals surface area contributed by atoms with Gasteiger partial charge in [0.15, 0.2) is 11.6 Å². The molecule has 0 saturated carbocycles. The van der Waals surface area contributed by atoms with Gasteiger partial charge in [-0.05, 0) is 31.4 Å². The van der Waals surface area contributed by atoms with Crippen LogP contribution in [0.4, 0.5) is 13.2 Å². The molecule has 1 atom stereocenters. The van der Waals surface area contributed by atoms with Crippen molar-refractivity contribution in [2.45, 2.75) is 31.6 Å². The largest absolute Gasteiger partial charge is 0.207 e. The molecule has 1 aromatic rings. The number of halogens is 3. The van der Waals surface area contributed by atoms with Crippen molar-refractivity contribution in [3.63, 3.8) is 0 Å². The van der Waals surface area contributed by atoms with Gasteiger partial charge in [-0.2, -0.15) is 0 Å². The summed E-state index contributed by atoms with van der Waals surface area (Å²) < 4.78 is 40.4. The first kappa shape index (κ1) is 11.2. The minimum Gasteiger partial charge on any atom is -0.207 e. The molecule has 0 fully saturated rings. The first-order valence-corrected chi connectivity index (χ1v) is 5.36. The highest BCUT2D eigenvalue weighted by atomic mass is 19.2. The second-order valence-electron chi connectivity index (χ2n) is 4.43. The number of hydrogen-bond donors (Lipinski definition) is 0. The summed E-state index contributed by atoms with van der Waals surface area (Å²) in [5.41, 5.74) is -0.877. The average molecular weight is 226 g/mol. The van der Waals surface area contributed by atoms with Crippen LogP contribution >= 0.6 is 0 Å². The average Bonchev–Trinajstić information content (AvgIpc) is 2.25. The zero-order valence-corrected chi connectivity index (χ0v) is 9.06. The van der Waals surface area contributed by atoms with E-state index in [1.165, 1.54) is 0 Å². The van der Waals surface area contributed by atoms with Gasteiger partial charge in [-0.1, -0.05) is 19.1 Å². The second kappa shape index (κ2) is 3.96. The summed E-state index contributed by atoms with van der Waals surface area (Å²) in [6.45, 7) is 1.74. The van der Waals surface area contributed by atoms with E-state index in [9.17, 15) is 13.2 Å². The molecule has 2 rings (SSSR count). The summed E-state index contributed by atoms with van der Waals surface area (Å²) in [5, 5.41) is 0. The summed E-state index contributed by atoms with van der Waals surface area (Å²) in [6.07, 6.45) is 6.09. The van der Waals surface area contributed by atoms with Crippen LogP contribution in [-0.2, 0) is 5.41 Å². The van der Waals surface area contributed by atoms with E-state index in [0.29, 0.717) is 6.42 Å². The Balaban J connectivity index is 2.58. The molecule has 1 aliphatic carbocycles. The Morgan fingerprint density at radius 1 is 1.12 bits per heavy atom. The number of benzene rings is 1. The zero-order valence-electron chi connectivity index (χ0n) is 9.06. The third kappa shape index (κ3) is 1.75. The molecule has 1 aromatic carbocycles. The number of hydrogen-bond acceptors (Lipinski definition) is 0. The van der Waals surface area contributed by atoms with Gasteiger partial charge < -0.3 is 0 Å². The standard InChI is InChI=1S/C13H13F3/c1-13(7-3-2-4-8-13)11-9(14)5-6-10(15)12(11)16/h3,5-7H,2,4,8H2,1H3/t13-/m0/s1. The minimum atomic E-state index is -1.06. The predicted molar refractivity (Wildman–Crippen MR) is 56.7 cm³/mol. The van der Waals surface area contributed by atoms with Crippen molar-refractivity contribution in [1.29, 1.82) is 0 Å². The molecule has 1 aliphatic rings. The third-order valence-corrected chi connectivity index (χ3v) is 3.17. The molecule has 0 heterocycles. The van der Waals surface area contributed by atoms with Crippen LogP contribution in [0, 0.1) is 17.5 Å². The SMILES string of the molecule is C[C@]1(c2c(F)ccc(F)c2F)C=CCCC1. The summed E-state index contributed by atoms with van der Waals surface area (Å²) in [6, 6.07) is 1.81. The Kier molecular flexibility index (Phi) is 2.78. The van der Waals surface area contributed by atoms with Gasteiger partial charge in [0, 0.05) is 11.0 Å². The minimum absolute atomic E-state index is 0.150. The lowest BCUT2D eigenvalue weighted by Gasteiger charge is -2.30. The maximum atomic E-state index is 13.6. The van der Waals surface area contributed by atoms with Crippen LogP contribution in [0.5, 0.6) is 0 Å². The molecule has 16 heavy (non-hydrogen) atoms. The molecule has 86 valence electrons. The highest BCUT2D eigenvalue weighted by molar-refractivity contribution is 5.34. The molecule has 0 amide bonds. The van der Waals surface area contributed by atoms with Gasteiger partial charge in [-0.15, -0.1) is 0 Å². The van der Waals surface area contributed by atoms with Gasteiger partial charge in [0.25, 0.3) is 0 Å². The Labute approximate surface area is 92.8 Å². The molecule has 0 saturated heterocycles. The van der Waals surface area contributed by atoms with Crippen LogP contribution in [0.1, 0.15) is 31.7 Å². The van der Waals surface area contributed by atoms with Crippen LogP contribution in [0.2, 0.25) is 0 Å². The lowest BCUT2D eigenvalue weighted by atomic mass is 9.75. The first-order valence-electron chi connectivity index (χ1n) is 5.36. The number of allylic oxidation sites excluding steroid dienone is 2. The first-order chi connectivity index (χ1) is 7.54. The van der Waals surface area contributed by atoms with Gasteiger partial charge in [0.1, 0.15) is 5.82 Å². The lowest BCUT2D eigenvalue weighted by molar-refractivity contribution is 0.413. The smallest absolute Gasteiger partial charge is 0.165 e. The summed E-state index contributed by atoms with van der Waals surface area (Å²) in [7, 11) is 0. The van der Waals surface area contributed by atoms with E-state index in [1.807, 2.05) is 6.08 Å². The van der Waals surface area contributed by atoms with Gasteiger partial charge >= 0.3 is 0 Å². The van der Waals surface area contributed by atoms with Gasteiger partial charge in [-0.3, -0.25) is 0 Å². The maximum absolute atomic E-state index is 13.6. The predicted octanol–water partition coefficient (Wildman–Crippen LogP) is 4.10. The molecule has 0 aromatic heterocycles. The highest BCUT2D eigenvalue weighted by Gasteiger charge is 2.32. The topological polar surface area (TPSA) is 0 Å². The summed E-state index contributed by atoms with van der Waals surface area (Å²) in [4.78, 5) is 0. The van der Waals surface area contributed by atoms with E-state index < -0.39 is 22.9 Å². The Bertz CT molecular complexity index is 437. The summed E-state index contributed by atoms with van der Waals surface area (Å²) >= 11 is 0. The van der Waals surface area contributed by atoms with Crippen LogP contribution in [0.25, 0.3) is 0 Å². The van der Waals surface area contributed by atoms with Crippen molar-refractivity contribution >= 4 is 0 Å². The summed E-state index contributed by atoms with van der Waals surface area (Å²) in [5.74, 6) is -2.72. The van der Waals surface area contributed by atoms with Crippen molar-refractivity contribution < 1.29 is 13.2 Å². The van der Waals surface area contributed by atoms with Crippen LogP contribution in [-0.4, -0.2) is 0 Å². The van der Waals surface area contributed by atoms with Gasteiger partial charge in [-0.25, -0.2) is 13.2 Å². The van der Waals surface area contributed by atoms with E-state index in [-0.39, 0.29) is 5.56 Å². The monoisotopic (exact) mass is 226 g/mol. The van der Waals surface area contributed by atoms with Crippen LogP contribution < -0.4 is 0 Å². The lowest BCUT2D eigenvalue weighted by Crippen LogP contribution is -2.25. The van der Waals surface area contributed by atoms with Gasteiger partial charge in [0.2, 0.25) is 0 Å². The second-order valence-corrected chi connectivity index (χ2v) is 4.43. The molecule has 0 nitrogen and oxygen atoms in total. The highest BCUT2D eigenvalue weighted by Crippen LogP contribution is 2.37. The fourth-order valence-corrected chi connectivity index (χ4v) is 2.27. The van der Waals surface area contributed by atoms with Crippen molar-refractivity contribution in [3.8, 4) is 0 Å². The van der Waals surface area contributed by atoms with E-state index in [1.54, 1.807) is 13.0 Å². The normalized spacial score (nSPS) is 24.8. The zero-order chi connectivity index (χ0) is 11.8. The van der Waals surface area contributed by atoms with Crippen molar-refractivity contribution in [2.75, 3.05) is 0 Å². The van der Waals surface area contributed by atoms with Crippen LogP contribution in [0.15, 0.2) is 24.3 Å². The van der Waals surface area contributed by atoms with E-state index in [4.69, 9.17) is 0 Å². The Morgan fingerprint density at radius 3 is 2.44 bits per heavy atom. The van der Waals surface area contributed by atoms with E-state index in [2.05, 4.69) is 0 Å². The Hall–Kier alpha value is -1.25. The molecule has 0 radical (unpaired) electrons. The maximum Gasteiger partial charge on any atom is 0.165 e. The Morgan fingerprint density at radius 2 is 1.81 bits per heavy atom. The molecule has 3 heteroatoms. The van der Waals surface area contributed by atoms with E-state index >= 15 is 0 Å². The molecular formula is C13H13F3. The van der Waals surface area contributed by atoms with Crippen LogP contribution in [0.3, 0.4) is 0 Å². The molecular weight excluding hydrogens is 213 g/mol. The van der Waals surface area contributed by atoms with Crippen molar-refractivity contribution in [3.05, 3.63) is 47.3 Å². The molecule has 0 N–H and O–H groups in total. The molecule has 0 unspecified atom stereocenters. The molecule has 0 bridgehead atoms.